The summed E-state index contributed by atoms with van der Waals surface area (Å²) in [6.07, 6.45) is 0.944. The summed E-state index contributed by atoms with van der Waals surface area (Å²) >= 11 is 0. The Kier molecular flexibility index (Phi) is 7.88. The van der Waals surface area contributed by atoms with Gasteiger partial charge in [0, 0.05) is 20.1 Å². The molecule has 2 aliphatic rings. The number of ether oxygens (including phenoxy) is 2. The van der Waals surface area contributed by atoms with Crippen molar-refractivity contribution >= 4 is 16.0 Å². The van der Waals surface area contributed by atoms with Crippen molar-refractivity contribution in [1.29, 1.82) is 0 Å². The van der Waals surface area contributed by atoms with Gasteiger partial charge in [-0.25, -0.2) is 12.7 Å². The molecule has 34 heavy (non-hydrogen) atoms. The molecule has 0 aliphatic carbocycles. The van der Waals surface area contributed by atoms with E-state index in [-0.39, 0.29) is 18.5 Å². The van der Waals surface area contributed by atoms with Crippen molar-refractivity contribution in [2.45, 2.75) is 37.7 Å². The van der Waals surface area contributed by atoms with Gasteiger partial charge in [0.2, 0.25) is 10.0 Å². The van der Waals surface area contributed by atoms with Crippen LogP contribution in [0.1, 0.15) is 36.9 Å². The zero-order valence-electron chi connectivity index (χ0n) is 19.6. The molecule has 0 spiro atoms. The molecule has 2 aliphatic heterocycles. The van der Waals surface area contributed by atoms with Crippen molar-refractivity contribution < 1.29 is 27.5 Å². The van der Waals surface area contributed by atoms with Gasteiger partial charge < -0.3 is 9.47 Å². The van der Waals surface area contributed by atoms with Crippen LogP contribution in [0.2, 0.25) is 0 Å². The molecule has 0 amide bonds. The predicted octanol–water partition coefficient (Wildman–Crippen LogP) is 3.16. The monoisotopic (exact) mass is 488 g/mol. The Hall–Kier alpha value is -2.46. The minimum atomic E-state index is -3.63. The minimum absolute atomic E-state index is 0.0908. The molecule has 0 saturated carbocycles. The second-order valence-electron chi connectivity index (χ2n) is 8.64. The summed E-state index contributed by atoms with van der Waals surface area (Å²) in [6, 6.07) is 17.0. The molecule has 2 heterocycles. The van der Waals surface area contributed by atoms with Gasteiger partial charge in [-0.1, -0.05) is 42.5 Å². The van der Waals surface area contributed by atoms with Gasteiger partial charge in [-0.3, -0.25) is 9.63 Å². The van der Waals surface area contributed by atoms with Crippen molar-refractivity contribution in [2.24, 2.45) is 5.92 Å². The summed E-state index contributed by atoms with van der Waals surface area (Å²) in [4.78, 5) is 17.7. The van der Waals surface area contributed by atoms with E-state index in [1.54, 1.807) is 19.0 Å². The van der Waals surface area contributed by atoms with E-state index in [1.165, 1.54) is 4.31 Å². The van der Waals surface area contributed by atoms with Crippen LogP contribution in [0.15, 0.2) is 54.6 Å². The quantitative estimate of drug-likeness (QED) is 0.528. The SMILES string of the molecule is CCOC(=O)C1CCN(S(=O)(=O)[C@H]2CON(C)[C@@H]2c2ccc(OCc3ccccc3)cc2)CC1. The number of carbonyl (C=O) groups is 1. The molecular formula is C25H32N2O6S. The minimum Gasteiger partial charge on any atom is -0.489 e. The fraction of sp³-hybridized carbons (Fsp3) is 0.480. The van der Waals surface area contributed by atoms with Crippen molar-refractivity contribution in [1.82, 2.24) is 9.37 Å². The number of hydrogen-bond donors (Lipinski definition) is 0. The van der Waals surface area contributed by atoms with E-state index in [1.807, 2.05) is 54.6 Å². The van der Waals surface area contributed by atoms with Crippen LogP contribution in [-0.2, 0) is 31.0 Å². The molecular weight excluding hydrogens is 456 g/mol. The Morgan fingerprint density at radius 2 is 1.74 bits per heavy atom. The second kappa shape index (κ2) is 10.9. The molecule has 0 radical (unpaired) electrons. The van der Waals surface area contributed by atoms with Gasteiger partial charge in [-0.05, 0) is 43.0 Å². The lowest BCUT2D eigenvalue weighted by Crippen LogP contribution is -2.46. The van der Waals surface area contributed by atoms with Crippen LogP contribution < -0.4 is 4.74 Å². The molecule has 0 unspecified atom stereocenters. The number of hydrogen-bond acceptors (Lipinski definition) is 7. The number of hydroxylamine groups is 2. The predicted molar refractivity (Wildman–Crippen MR) is 127 cm³/mol. The first kappa shape index (κ1) is 24.7. The molecule has 2 aromatic rings. The lowest BCUT2D eigenvalue weighted by atomic mass is 9.98. The van der Waals surface area contributed by atoms with Crippen molar-refractivity contribution in [2.75, 3.05) is 33.4 Å². The van der Waals surface area contributed by atoms with Gasteiger partial charge >= 0.3 is 5.97 Å². The molecule has 0 aromatic heterocycles. The summed E-state index contributed by atoms with van der Waals surface area (Å²) < 4.78 is 39.5. The molecule has 0 bridgehead atoms. The first-order valence-corrected chi connectivity index (χ1v) is 13.2. The number of carbonyl (C=O) groups excluding carboxylic acids is 1. The van der Waals surface area contributed by atoms with Gasteiger partial charge in [-0.15, -0.1) is 0 Å². The van der Waals surface area contributed by atoms with Crippen LogP contribution >= 0.6 is 0 Å². The normalized spacial score (nSPS) is 22.5. The average molecular weight is 489 g/mol. The summed E-state index contributed by atoms with van der Waals surface area (Å²) in [7, 11) is -1.87. The van der Waals surface area contributed by atoms with E-state index in [0.29, 0.717) is 39.1 Å². The molecule has 2 atom stereocenters. The Morgan fingerprint density at radius 3 is 2.38 bits per heavy atom. The highest BCUT2D eigenvalue weighted by Gasteiger charge is 2.46. The number of nitrogens with zero attached hydrogens (tertiary/aromatic N) is 2. The summed E-state index contributed by atoms with van der Waals surface area (Å²) in [5.74, 6) is 0.235. The Bertz CT molecular complexity index is 1050. The van der Waals surface area contributed by atoms with Crippen molar-refractivity contribution in [3.05, 3.63) is 65.7 Å². The molecule has 2 aromatic carbocycles. The lowest BCUT2D eigenvalue weighted by molar-refractivity contribution is -0.149. The third-order valence-electron chi connectivity index (χ3n) is 6.47. The molecule has 2 fully saturated rings. The first-order valence-electron chi connectivity index (χ1n) is 11.7. The standard InChI is InChI=1S/C25H32N2O6S/c1-3-31-25(28)21-13-15-27(16-14-21)34(29,30)23-18-33-26(2)24(23)20-9-11-22(12-10-20)32-17-19-7-5-4-6-8-19/h4-12,21,23-24H,3,13-18H2,1-2H3/t23-,24+/m0/s1. The van der Waals surface area contributed by atoms with E-state index < -0.39 is 21.3 Å². The van der Waals surface area contributed by atoms with Crippen LogP contribution in [0.3, 0.4) is 0 Å². The van der Waals surface area contributed by atoms with Gasteiger partial charge in [-0.2, -0.15) is 5.06 Å². The van der Waals surface area contributed by atoms with Crippen molar-refractivity contribution in [3.8, 4) is 5.75 Å². The number of rotatable bonds is 8. The summed E-state index contributed by atoms with van der Waals surface area (Å²) in [5.41, 5.74) is 1.93. The van der Waals surface area contributed by atoms with Gasteiger partial charge in [0.25, 0.3) is 0 Å². The fourth-order valence-electron chi connectivity index (χ4n) is 4.57. The highest BCUT2D eigenvalue weighted by atomic mass is 32.2. The van der Waals surface area contributed by atoms with E-state index in [0.717, 1.165) is 16.9 Å². The maximum absolute atomic E-state index is 13.5. The molecule has 184 valence electrons. The summed E-state index contributed by atoms with van der Waals surface area (Å²) in [6.45, 7) is 3.28. The van der Waals surface area contributed by atoms with Crippen LogP contribution in [0, 0.1) is 5.92 Å². The maximum Gasteiger partial charge on any atom is 0.309 e. The first-order chi connectivity index (χ1) is 16.4. The molecule has 9 heteroatoms. The highest BCUT2D eigenvalue weighted by Crippen LogP contribution is 2.36. The number of piperidine rings is 1. The topological polar surface area (TPSA) is 85.4 Å². The summed E-state index contributed by atoms with van der Waals surface area (Å²) in [5, 5.41) is 0.890. The number of benzene rings is 2. The van der Waals surface area contributed by atoms with Crippen molar-refractivity contribution in [3.63, 3.8) is 0 Å². The van der Waals surface area contributed by atoms with E-state index in [2.05, 4.69) is 0 Å². The highest BCUT2D eigenvalue weighted by molar-refractivity contribution is 7.89. The smallest absolute Gasteiger partial charge is 0.309 e. The zero-order valence-corrected chi connectivity index (χ0v) is 20.4. The number of sulfonamides is 1. The van der Waals surface area contributed by atoms with Gasteiger partial charge in [0.15, 0.2) is 0 Å². The van der Waals surface area contributed by atoms with Crippen LogP contribution in [-0.4, -0.2) is 62.4 Å². The average Bonchev–Trinajstić information content (AvgIpc) is 3.26. The van der Waals surface area contributed by atoms with E-state index >= 15 is 0 Å². The molecule has 8 nitrogen and oxygen atoms in total. The van der Waals surface area contributed by atoms with E-state index in [4.69, 9.17) is 14.3 Å². The fourth-order valence-corrected chi connectivity index (χ4v) is 6.56. The van der Waals surface area contributed by atoms with Gasteiger partial charge in [0.05, 0.1) is 25.2 Å². The third kappa shape index (κ3) is 5.43. The number of esters is 1. The second-order valence-corrected chi connectivity index (χ2v) is 10.8. The lowest BCUT2D eigenvalue weighted by Gasteiger charge is -2.33. The Balaban J connectivity index is 1.42. The van der Waals surface area contributed by atoms with Gasteiger partial charge in [0.1, 0.15) is 17.6 Å². The molecule has 0 N–H and O–H groups in total. The van der Waals surface area contributed by atoms with Crippen LogP contribution in [0.4, 0.5) is 0 Å². The zero-order chi connectivity index (χ0) is 24.1. The largest absolute Gasteiger partial charge is 0.489 e. The third-order valence-corrected chi connectivity index (χ3v) is 8.72. The van der Waals surface area contributed by atoms with E-state index in [9.17, 15) is 13.2 Å². The van der Waals surface area contributed by atoms with Crippen LogP contribution in [0.5, 0.6) is 5.75 Å². The maximum atomic E-state index is 13.5. The molecule has 4 rings (SSSR count). The molecule has 2 saturated heterocycles. The van der Waals surface area contributed by atoms with Crippen LogP contribution in [0.25, 0.3) is 0 Å². The Morgan fingerprint density at radius 1 is 1.06 bits per heavy atom. The Labute approximate surface area is 201 Å².